The summed E-state index contributed by atoms with van der Waals surface area (Å²) in [5.74, 6) is 0. The fraction of sp³-hybridized carbons (Fsp3) is 0.667. The van der Waals surface area contributed by atoms with Crippen LogP contribution in [-0.4, -0.2) is 24.0 Å². The minimum absolute atomic E-state index is 0.0154. The Labute approximate surface area is 99.6 Å². The van der Waals surface area contributed by atoms with Crippen molar-refractivity contribution in [2.45, 2.75) is 43.7 Å². The van der Waals surface area contributed by atoms with Gasteiger partial charge in [0.1, 0.15) is 0 Å². The number of sulfonamides is 1. The van der Waals surface area contributed by atoms with Gasteiger partial charge in [-0.3, -0.25) is 0 Å². The third-order valence-corrected chi connectivity index (χ3v) is 4.63. The van der Waals surface area contributed by atoms with E-state index in [2.05, 4.69) is 9.71 Å². The van der Waals surface area contributed by atoms with Crippen LogP contribution in [0.15, 0.2) is 9.72 Å². The van der Waals surface area contributed by atoms with E-state index in [1.807, 2.05) is 0 Å². The molecular formula is C9H16N2O3S2. The third kappa shape index (κ3) is 3.51. The molecule has 0 aromatic carbocycles. The van der Waals surface area contributed by atoms with Gasteiger partial charge in [-0.15, -0.1) is 11.3 Å². The van der Waals surface area contributed by atoms with Crippen molar-refractivity contribution in [3.8, 4) is 0 Å². The molecule has 0 fully saturated rings. The fourth-order valence-electron chi connectivity index (χ4n) is 1.03. The Bertz CT molecular complexity index is 457. The summed E-state index contributed by atoms with van der Waals surface area (Å²) in [6.07, 6.45) is -0.755. The molecule has 1 heterocycles. The van der Waals surface area contributed by atoms with Gasteiger partial charge in [-0.1, -0.05) is 0 Å². The van der Waals surface area contributed by atoms with Crippen LogP contribution in [0, 0.1) is 0 Å². The minimum Gasteiger partial charge on any atom is -0.387 e. The Kier molecular flexibility index (Phi) is 3.73. The van der Waals surface area contributed by atoms with E-state index in [9.17, 15) is 13.5 Å². The second-order valence-electron chi connectivity index (χ2n) is 4.57. The highest BCUT2D eigenvalue weighted by atomic mass is 32.2. The highest BCUT2D eigenvalue weighted by molar-refractivity contribution is 7.91. The summed E-state index contributed by atoms with van der Waals surface area (Å²) in [5, 5.41) is 10.8. The number of rotatable bonds is 3. The normalized spacial score (nSPS) is 15.1. The van der Waals surface area contributed by atoms with Crippen molar-refractivity contribution in [2.75, 3.05) is 0 Å². The first-order chi connectivity index (χ1) is 7.12. The summed E-state index contributed by atoms with van der Waals surface area (Å²) in [6, 6.07) is 0. The number of aliphatic hydroxyl groups excluding tert-OH is 1. The summed E-state index contributed by atoms with van der Waals surface area (Å²) in [5.41, 5.74) is -0.172. The van der Waals surface area contributed by atoms with Crippen molar-refractivity contribution in [1.82, 2.24) is 9.71 Å². The van der Waals surface area contributed by atoms with Crippen LogP contribution >= 0.6 is 11.3 Å². The molecule has 5 nitrogen and oxygen atoms in total. The first-order valence-corrected chi connectivity index (χ1v) is 7.15. The molecule has 0 aliphatic carbocycles. The van der Waals surface area contributed by atoms with Gasteiger partial charge in [-0.2, -0.15) is 0 Å². The second kappa shape index (κ2) is 4.40. The van der Waals surface area contributed by atoms with Crippen molar-refractivity contribution in [2.24, 2.45) is 0 Å². The molecule has 92 valence electrons. The molecule has 1 rings (SSSR count). The Morgan fingerprint density at radius 2 is 2.06 bits per heavy atom. The van der Waals surface area contributed by atoms with Crippen LogP contribution in [0.3, 0.4) is 0 Å². The lowest BCUT2D eigenvalue weighted by Gasteiger charge is -2.18. The molecule has 0 bridgehead atoms. The van der Waals surface area contributed by atoms with Crippen LogP contribution in [0.2, 0.25) is 0 Å². The zero-order valence-corrected chi connectivity index (χ0v) is 11.3. The van der Waals surface area contributed by atoms with Gasteiger partial charge in [0.25, 0.3) is 10.0 Å². The molecule has 0 aliphatic rings. The zero-order valence-electron chi connectivity index (χ0n) is 9.68. The molecule has 2 N–H and O–H groups in total. The van der Waals surface area contributed by atoms with Crippen molar-refractivity contribution in [1.29, 1.82) is 0 Å². The number of aliphatic hydroxyl groups is 1. The van der Waals surface area contributed by atoms with Gasteiger partial charge in [-0.25, -0.2) is 18.1 Å². The summed E-state index contributed by atoms with van der Waals surface area (Å²) in [7, 11) is -3.58. The number of nitrogens with zero attached hydrogens (tertiary/aromatic N) is 1. The molecule has 1 unspecified atom stereocenters. The van der Waals surface area contributed by atoms with E-state index in [1.54, 1.807) is 33.1 Å². The van der Waals surface area contributed by atoms with E-state index < -0.39 is 21.7 Å². The lowest BCUT2D eigenvalue weighted by Crippen LogP contribution is -2.40. The lowest BCUT2D eigenvalue weighted by molar-refractivity contribution is 0.194. The largest absolute Gasteiger partial charge is 0.387 e. The van der Waals surface area contributed by atoms with Crippen LogP contribution in [0.5, 0.6) is 0 Å². The number of aromatic nitrogens is 1. The van der Waals surface area contributed by atoms with Gasteiger partial charge in [0.2, 0.25) is 4.34 Å². The Morgan fingerprint density at radius 3 is 2.44 bits per heavy atom. The monoisotopic (exact) mass is 264 g/mol. The summed E-state index contributed by atoms with van der Waals surface area (Å²) in [4.78, 5) is 3.88. The fourth-order valence-corrected chi connectivity index (χ4v) is 3.56. The average molecular weight is 264 g/mol. The summed E-state index contributed by atoms with van der Waals surface area (Å²) >= 11 is 1.00. The molecule has 16 heavy (non-hydrogen) atoms. The zero-order chi connectivity index (χ0) is 12.6. The SMILES string of the molecule is CC(O)c1csc(S(=O)(=O)NC(C)(C)C)n1. The molecule has 0 radical (unpaired) electrons. The molecule has 1 aromatic rings. The second-order valence-corrected chi connectivity index (χ2v) is 7.28. The molecular weight excluding hydrogens is 248 g/mol. The lowest BCUT2D eigenvalue weighted by atomic mass is 10.1. The molecule has 0 aliphatic heterocycles. The summed E-state index contributed by atoms with van der Waals surface area (Å²) in [6.45, 7) is 6.82. The van der Waals surface area contributed by atoms with Gasteiger partial charge < -0.3 is 5.11 Å². The van der Waals surface area contributed by atoms with Crippen LogP contribution in [0.1, 0.15) is 39.5 Å². The van der Waals surface area contributed by atoms with Gasteiger partial charge in [-0.05, 0) is 27.7 Å². The van der Waals surface area contributed by atoms with E-state index in [0.29, 0.717) is 5.69 Å². The number of nitrogens with one attached hydrogen (secondary N) is 1. The predicted octanol–water partition coefficient (Wildman–Crippen LogP) is 1.27. The summed E-state index contributed by atoms with van der Waals surface area (Å²) < 4.78 is 26.2. The minimum atomic E-state index is -3.58. The maximum Gasteiger partial charge on any atom is 0.268 e. The quantitative estimate of drug-likeness (QED) is 0.861. The van der Waals surface area contributed by atoms with Gasteiger partial charge >= 0.3 is 0 Å². The first kappa shape index (κ1) is 13.6. The van der Waals surface area contributed by atoms with Crippen LogP contribution in [0.4, 0.5) is 0 Å². The highest BCUT2D eigenvalue weighted by Gasteiger charge is 2.25. The topological polar surface area (TPSA) is 79.3 Å². The number of hydrogen-bond donors (Lipinski definition) is 2. The van der Waals surface area contributed by atoms with E-state index in [-0.39, 0.29) is 4.34 Å². The van der Waals surface area contributed by atoms with Crippen molar-refractivity contribution in [3.05, 3.63) is 11.1 Å². The standard InChI is InChI=1S/C9H16N2O3S2/c1-6(12)7-5-15-8(10-7)16(13,14)11-9(2,3)4/h5-6,11-12H,1-4H3. The molecule has 0 saturated carbocycles. The van der Waals surface area contributed by atoms with Gasteiger partial charge in [0.15, 0.2) is 0 Å². The maximum atomic E-state index is 11.8. The molecule has 1 atom stereocenters. The van der Waals surface area contributed by atoms with Crippen molar-refractivity contribution >= 4 is 21.4 Å². The smallest absolute Gasteiger partial charge is 0.268 e. The Balaban J connectivity index is 3.00. The van der Waals surface area contributed by atoms with E-state index in [1.165, 1.54) is 0 Å². The predicted molar refractivity (Wildman–Crippen MR) is 62.8 cm³/mol. The van der Waals surface area contributed by atoms with E-state index in [4.69, 9.17) is 0 Å². The first-order valence-electron chi connectivity index (χ1n) is 4.79. The average Bonchev–Trinajstić information content (AvgIpc) is 2.46. The van der Waals surface area contributed by atoms with Crippen molar-refractivity contribution in [3.63, 3.8) is 0 Å². The van der Waals surface area contributed by atoms with Gasteiger partial charge in [0.05, 0.1) is 11.8 Å². The van der Waals surface area contributed by atoms with E-state index >= 15 is 0 Å². The van der Waals surface area contributed by atoms with E-state index in [0.717, 1.165) is 11.3 Å². The Morgan fingerprint density at radius 1 is 1.50 bits per heavy atom. The highest BCUT2D eigenvalue weighted by Crippen LogP contribution is 2.21. The molecule has 0 amide bonds. The maximum absolute atomic E-state index is 11.8. The van der Waals surface area contributed by atoms with Gasteiger partial charge in [0, 0.05) is 10.9 Å². The van der Waals surface area contributed by atoms with Crippen LogP contribution in [0.25, 0.3) is 0 Å². The Hall–Kier alpha value is -0.500. The molecule has 0 spiro atoms. The van der Waals surface area contributed by atoms with Crippen LogP contribution < -0.4 is 4.72 Å². The number of thiazole rings is 1. The number of hydrogen-bond acceptors (Lipinski definition) is 5. The molecule has 0 saturated heterocycles. The molecule has 1 aromatic heterocycles. The molecule has 7 heteroatoms. The van der Waals surface area contributed by atoms with Crippen molar-refractivity contribution < 1.29 is 13.5 Å². The third-order valence-electron chi connectivity index (χ3n) is 1.60. The van der Waals surface area contributed by atoms with Crippen LogP contribution in [-0.2, 0) is 10.0 Å².